The molecule has 3 aromatic rings. The molecule has 0 radical (unpaired) electrons. The SMILES string of the molecule is C[C@H]1Nc2ccn3ncc(c3n2)C(=O)NC[C@]2(C)Cc3cc(F)cc1c3O2. The van der Waals surface area contributed by atoms with Crippen molar-refractivity contribution in [3.63, 3.8) is 0 Å². The molecule has 2 aromatic heterocycles. The van der Waals surface area contributed by atoms with Crippen LogP contribution in [0.15, 0.2) is 30.6 Å². The van der Waals surface area contributed by atoms with Gasteiger partial charge in [-0.3, -0.25) is 4.79 Å². The van der Waals surface area contributed by atoms with Gasteiger partial charge in [0, 0.05) is 23.7 Å². The fraction of sp³-hybridized carbons (Fsp3) is 0.316. The summed E-state index contributed by atoms with van der Waals surface area (Å²) in [5, 5.41) is 10.4. The minimum atomic E-state index is -0.646. The summed E-state index contributed by atoms with van der Waals surface area (Å²) in [6.07, 6.45) is 3.76. The minimum Gasteiger partial charge on any atom is -0.485 e. The minimum absolute atomic E-state index is 0.234. The lowest BCUT2D eigenvalue weighted by Gasteiger charge is -2.25. The van der Waals surface area contributed by atoms with Crippen LogP contribution in [0.1, 0.15) is 41.4 Å². The Bertz CT molecular complexity index is 1100. The summed E-state index contributed by atoms with van der Waals surface area (Å²) in [6.45, 7) is 4.14. The summed E-state index contributed by atoms with van der Waals surface area (Å²) in [5.74, 6) is 0.677. The van der Waals surface area contributed by atoms with Crippen LogP contribution in [0.25, 0.3) is 5.65 Å². The van der Waals surface area contributed by atoms with Crippen LogP contribution < -0.4 is 15.4 Å². The average molecular weight is 367 g/mol. The molecule has 2 aliphatic heterocycles. The van der Waals surface area contributed by atoms with E-state index in [-0.39, 0.29) is 17.8 Å². The third kappa shape index (κ3) is 2.51. The first-order chi connectivity index (χ1) is 12.9. The van der Waals surface area contributed by atoms with Gasteiger partial charge in [-0.1, -0.05) is 0 Å². The van der Waals surface area contributed by atoms with Gasteiger partial charge in [0.15, 0.2) is 5.65 Å². The Morgan fingerprint density at radius 3 is 3.11 bits per heavy atom. The fourth-order valence-corrected chi connectivity index (χ4v) is 3.81. The molecular weight excluding hydrogens is 349 g/mol. The van der Waals surface area contributed by atoms with Crippen molar-refractivity contribution in [2.75, 3.05) is 11.9 Å². The van der Waals surface area contributed by atoms with Gasteiger partial charge >= 0.3 is 0 Å². The summed E-state index contributed by atoms with van der Waals surface area (Å²) >= 11 is 0. The van der Waals surface area contributed by atoms with Gasteiger partial charge < -0.3 is 15.4 Å². The van der Waals surface area contributed by atoms with Crippen LogP contribution >= 0.6 is 0 Å². The van der Waals surface area contributed by atoms with E-state index in [1.165, 1.54) is 18.3 Å². The largest absolute Gasteiger partial charge is 0.485 e. The molecule has 5 rings (SSSR count). The molecule has 7 nitrogen and oxygen atoms in total. The molecule has 4 bridgehead atoms. The van der Waals surface area contributed by atoms with E-state index in [9.17, 15) is 9.18 Å². The predicted octanol–water partition coefficient (Wildman–Crippen LogP) is 2.48. The van der Waals surface area contributed by atoms with E-state index in [1.54, 1.807) is 16.8 Å². The van der Waals surface area contributed by atoms with Crippen molar-refractivity contribution >= 4 is 17.4 Å². The van der Waals surface area contributed by atoms with E-state index >= 15 is 0 Å². The molecule has 0 unspecified atom stereocenters. The Kier molecular flexibility index (Phi) is 3.22. The summed E-state index contributed by atoms with van der Waals surface area (Å²) < 4.78 is 22.0. The number of carbonyl (C=O) groups is 1. The summed E-state index contributed by atoms with van der Waals surface area (Å²) in [6, 6.07) is 4.53. The number of hydrogen-bond acceptors (Lipinski definition) is 5. The maximum Gasteiger partial charge on any atom is 0.256 e. The highest BCUT2D eigenvalue weighted by atomic mass is 19.1. The molecule has 0 fully saturated rings. The van der Waals surface area contributed by atoms with Crippen molar-refractivity contribution in [2.45, 2.75) is 31.9 Å². The number of anilines is 1. The van der Waals surface area contributed by atoms with Gasteiger partial charge in [0.05, 0.1) is 18.8 Å². The van der Waals surface area contributed by atoms with Gasteiger partial charge in [-0.2, -0.15) is 5.10 Å². The number of nitrogens with zero attached hydrogens (tertiary/aromatic N) is 3. The Labute approximate surface area is 154 Å². The lowest BCUT2D eigenvalue weighted by molar-refractivity contribution is 0.0839. The second kappa shape index (κ2) is 5.42. The molecule has 27 heavy (non-hydrogen) atoms. The zero-order chi connectivity index (χ0) is 18.8. The first-order valence-electron chi connectivity index (χ1n) is 8.82. The average Bonchev–Trinajstić information content (AvgIpc) is 3.18. The van der Waals surface area contributed by atoms with Crippen LogP contribution in [-0.2, 0) is 6.42 Å². The Morgan fingerprint density at radius 1 is 1.41 bits per heavy atom. The van der Waals surface area contributed by atoms with Crippen molar-refractivity contribution in [3.8, 4) is 5.75 Å². The second-order valence-electron chi connectivity index (χ2n) is 7.40. The fourth-order valence-electron chi connectivity index (χ4n) is 3.81. The van der Waals surface area contributed by atoms with Gasteiger partial charge in [0.1, 0.15) is 28.5 Å². The Balaban J connectivity index is 1.68. The quantitative estimate of drug-likeness (QED) is 0.638. The summed E-state index contributed by atoms with van der Waals surface area (Å²) in [5.41, 5.74) is 1.75. The molecule has 2 N–H and O–H groups in total. The van der Waals surface area contributed by atoms with Gasteiger partial charge in [0.25, 0.3) is 5.91 Å². The van der Waals surface area contributed by atoms with E-state index in [2.05, 4.69) is 20.7 Å². The lowest BCUT2D eigenvalue weighted by atomic mass is 9.96. The molecule has 0 saturated heterocycles. The number of hydrogen-bond donors (Lipinski definition) is 2. The number of amides is 1. The molecular formula is C19H18FN5O2. The Hall–Kier alpha value is -3.16. The predicted molar refractivity (Wildman–Crippen MR) is 96.5 cm³/mol. The van der Waals surface area contributed by atoms with Crippen LogP contribution in [0.4, 0.5) is 10.2 Å². The van der Waals surface area contributed by atoms with Crippen LogP contribution in [-0.4, -0.2) is 32.7 Å². The normalized spacial score (nSPS) is 23.8. The van der Waals surface area contributed by atoms with Crippen LogP contribution in [0.5, 0.6) is 5.75 Å². The van der Waals surface area contributed by atoms with Crippen LogP contribution in [0.2, 0.25) is 0 Å². The number of carbonyl (C=O) groups excluding carboxylic acids is 1. The zero-order valence-electron chi connectivity index (χ0n) is 14.9. The number of fused-ring (bicyclic) bond motifs is 2. The van der Waals surface area contributed by atoms with E-state index in [0.717, 1.165) is 11.1 Å². The van der Waals surface area contributed by atoms with Gasteiger partial charge in [-0.05, 0) is 32.0 Å². The second-order valence-corrected chi connectivity index (χ2v) is 7.40. The standard InChI is InChI=1S/C19H18FN5O2/c1-10-13-6-12(20)5-11-7-19(2,27-16(11)13)9-21-18(26)14-8-22-25-4-3-15(23-10)24-17(14)25/h3-6,8,10H,7,9H2,1-2H3,(H,21,26)(H,23,24)/t10-,19+/m1/s1. The molecule has 2 aliphatic rings. The number of aromatic nitrogens is 3. The molecule has 1 amide bonds. The zero-order valence-corrected chi connectivity index (χ0v) is 14.9. The highest BCUT2D eigenvalue weighted by Gasteiger charge is 2.38. The molecule has 4 heterocycles. The molecule has 0 aliphatic carbocycles. The topological polar surface area (TPSA) is 80.5 Å². The third-order valence-corrected chi connectivity index (χ3v) is 5.14. The van der Waals surface area contributed by atoms with Gasteiger partial charge in [0.2, 0.25) is 0 Å². The highest BCUT2D eigenvalue weighted by molar-refractivity contribution is 5.99. The molecule has 1 aromatic carbocycles. The molecule has 2 atom stereocenters. The van der Waals surface area contributed by atoms with E-state index in [0.29, 0.717) is 35.7 Å². The Morgan fingerprint density at radius 2 is 2.26 bits per heavy atom. The monoisotopic (exact) mass is 367 g/mol. The van der Waals surface area contributed by atoms with Crippen molar-refractivity contribution in [2.24, 2.45) is 0 Å². The summed E-state index contributed by atoms with van der Waals surface area (Å²) in [7, 11) is 0. The van der Waals surface area contributed by atoms with Crippen molar-refractivity contribution < 1.29 is 13.9 Å². The number of halogens is 1. The van der Waals surface area contributed by atoms with E-state index in [1.807, 2.05) is 13.8 Å². The van der Waals surface area contributed by atoms with Crippen molar-refractivity contribution in [1.82, 2.24) is 19.9 Å². The van der Waals surface area contributed by atoms with E-state index < -0.39 is 5.60 Å². The van der Waals surface area contributed by atoms with E-state index in [4.69, 9.17) is 4.74 Å². The maximum absolute atomic E-state index is 14.2. The number of benzene rings is 1. The smallest absolute Gasteiger partial charge is 0.256 e. The first kappa shape index (κ1) is 16.0. The molecule has 0 saturated carbocycles. The summed E-state index contributed by atoms with van der Waals surface area (Å²) in [4.78, 5) is 17.2. The number of nitrogens with one attached hydrogen (secondary N) is 2. The van der Waals surface area contributed by atoms with Gasteiger partial charge in [-0.15, -0.1) is 0 Å². The maximum atomic E-state index is 14.2. The van der Waals surface area contributed by atoms with Crippen molar-refractivity contribution in [1.29, 1.82) is 0 Å². The first-order valence-corrected chi connectivity index (χ1v) is 8.82. The number of rotatable bonds is 0. The number of ether oxygens (including phenoxy) is 1. The van der Waals surface area contributed by atoms with Crippen LogP contribution in [0, 0.1) is 5.82 Å². The van der Waals surface area contributed by atoms with Crippen molar-refractivity contribution in [3.05, 3.63) is 53.1 Å². The van der Waals surface area contributed by atoms with Crippen LogP contribution in [0.3, 0.4) is 0 Å². The third-order valence-electron chi connectivity index (χ3n) is 5.14. The van der Waals surface area contributed by atoms with Gasteiger partial charge in [-0.25, -0.2) is 13.9 Å². The molecule has 8 heteroatoms. The highest BCUT2D eigenvalue weighted by Crippen LogP contribution is 2.41. The molecule has 0 spiro atoms. The molecule has 138 valence electrons. The lowest BCUT2D eigenvalue weighted by Crippen LogP contribution is -2.44.